The van der Waals surface area contributed by atoms with Gasteiger partial charge in [-0.3, -0.25) is 14.4 Å². The highest BCUT2D eigenvalue weighted by molar-refractivity contribution is 5.98. The van der Waals surface area contributed by atoms with Gasteiger partial charge in [0.1, 0.15) is 12.1 Å². The van der Waals surface area contributed by atoms with Gasteiger partial charge in [-0.05, 0) is 49.8 Å². The first-order valence-corrected chi connectivity index (χ1v) is 12.1. The summed E-state index contributed by atoms with van der Waals surface area (Å²) in [5.74, 6) is -0.435. The Balaban J connectivity index is 1.47. The van der Waals surface area contributed by atoms with E-state index in [0.717, 1.165) is 24.0 Å². The smallest absolute Gasteiger partial charge is 0.251 e. The number of aryl methyl sites for hydroxylation is 1. The fourth-order valence-electron chi connectivity index (χ4n) is 4.87. The van der Waals surface area contributed by atoms with E-state index in [1.165, 1.54) is 0 Å². The average molecular weight is 464 g/mol. The quantitative estimate of drug-likeness (QED) is 0.533. The van der Waals surface area contributed by atoms with Gasteiger partial charge in [0.15, 0.2) is 0 Å². The van der Waals surface area contributed by atoms with Crippen LogP contribution < -0.4 is 10.6 Å². The number of fused-ring (bicyclic) bond motifs is 1. The molecule has 7 nitrogen and oxygen atoms in total. The minimum atomic E-state index is -0.682. The van der Waals surface area contributed by atoms with E-state index in [-0.39, 0.29) is 30.4 Å². The minimum absolute atomic E-state index is 0.0446. The van der Waals surface area contributed by atoms with Crippen LogP contribution in [0.5, 0.6) is 0 Å². The molecule has 0 spiro atoms. The number of benzene rings is 2. The lowest BCUT2D eigenvalue weighted by molar-refractivity contribution is -0.141. The number of aliphatic hydroxyl groups excluding tert-OH is 1. The summed E-state index contributed by atoms with van der Waals surface area (Å²) in [6.45, 7) is 3.72. The number of hydrogen-bond donors (Lipinski definition) is 3. The zero-order valence-electron chi connectivity index (χ0n) is 19.7. The molecule has 2 aliphatic rings. The molecule has 5 atom stereocenters. The van der Waals surface area contributed by atoms with Crippen LogP contribution >= 0.6 is 0 Å². The number of nitrogens with zero attached hydrogens (tertiary/aromatic N) is 1. The third kappa shape index (κ3) is 5.14. The van der Waals surface area contributed by atoms with Gasteiger partial charge < -0.3 is 20.6 Å². The van der Waals surface area contributed by atoms with Gasteiger partial charge in [-0.25, -0.2) is 0 Å². The van der Waals surface area contributed by atoms with Crippen LogP contribution in [0.3, 0.4) is 0 Å². The molecule has 0 radical (unpaired) electrons. The van der Waals surface area contributed by atoms with Crippen LogP contribution in [0.1, 0.15) is 60.1 Å². The molecule has 3 N–H and O–H groups in total. The van der Waals surface area contributed by atoms with Gasteiger partial charge in [-0.15, -0.1) is 0 Å². The average Bonchev–Trinajstić information content (AvgIpc) is 3.52. The zero-order valence-corrected chi connectivity index (χ0v) is 19.7. The van der Waals surface area contributed by atoms with E-state index in [4.69, 9.17) is 0 Å². The van der Waals surface area contributed by atoms with Gasteiger partial charge in [0.05, 0.1) is 12.6 Å². The summed E-state index contributed by atoms with van der Waals surface area (Å²) >= 11 is 0. The van der Waals surface area contributed by atoms with Crippen LogP contribution in [0.25, 0.3) is 0 Å². The summed E-state index contributed by atoms with van der Waals surface area (Å²) < 4.78 is 0. The number of carbonyl (C=O) groups excluding carboxylic acids is 3. The van der Waals surface area contributed by atoms with Gasteiger partial charge >= 0.3 is 0 Å². The van der Waals surface area contributed by atoms with Crippen molar-refractivity contribution in [3.63, 3.8) is 0 Å². The number of carbonyl (C=O) groups is 3. The van der Waals surface area contributed by atoms with E-state index in [2.05, 4.69) is 10.6 Å². The predicted octanol–water partition coefficient (Wildman–Crippen LogP) is 2.73. The second kappa shape index (κ2) is 10.4. The molecular weight excluding hydrogens is 430 g/mol. The van der Waals surface area contributed by atoms with E-state index in [1.54, 1.807) is 29.2 Å². The highest BCUT2D eigenvalue weighted by atomic mass is 16.3. The van der Waals surface area contributed by atoms with Crippen molar-refractivity contribution in [1.29, 1.82) is 0 Å². The Hall–Kier alpha value is -3.19. The lowest BCUT2D eigenvalue weighted by atomic mass is 10.0. The molecule has 0 bridgehead atoms. The van der Waals surface area contributed by atoms with E-state index in [0.29, 0.717) is 24.3 Å². The first-order valence-electron chi connectivity index (χ1n) is 12.1. The van der Waals surface area contributed by atoms with Crippen LogP contribution in [0.2, 0.25) is 0 Å². The Labute approximate surface area is 200 Å². The maximum atomic E-state index is 13.6. The van der Waals surface area contributed by atoms with Crippen LogP contribution in [0.15, 0.2) is 54.6 Å². The maximum Gasteiger partial charge on any atom is 0.251 e. The summed E-state index contributed by atoms with van der Waals surface area (Å²) in [7, 11) is 0. The van der Waals surface area contributed by atoms with Crippen molar-refractivity contribution in [2.45, 2.75) is 63.7 Å². The van der Waals surface area contributed by atoms with Crippen molar-refractivity contribution in [1.82, 2.24) is 15.5 Å². The highest BCUT2D eigenvalue weighted by Crippen LogP contribution is 2.48. The number of rotatable bonds is 9. The lowest BCUT2D eigenvalue weighted by Gasteiger charge is -2.31. The minimum Gasteiger partial charge on any atom is -0.394 e. The van der Waals surface area contributed by atoms with Crippen molar-refractivity contribution in [3.05, 3.63) is 71.3 Å². The van der Waals surface area contributed by atoms with Crippen molar-refractivity contribution in [2.75, 3.05) is 6.61 Å². The number of likely N-dealkylation sites (tertiary alicyclic amines) is 1. The number of piperidine rings is 1. The molecule has 4 rings (SSSR count). The van der Waals surface area contributed by atoms with Crippen LogP contribution in [0.4, 0.5) is 0 Å². The monoisotopic (exact) mass is 463 g/mol. The molecule has 0 aromatic heterocycles. The zero-order chi connectivity index (χ0) is 24.2. The molecular formula is C27H33N3O4. The van der Waals surface area contributed by atoms with Crippen molar-refractivity contribution >= 4 is 17.7 Å². The third-order valence-electron chi connectivity index (χ3n) is 6.86. The normalized spacial score (nSPS) is 22.4. The Morgan fingerprint density at radius 3 is 2.38 bits per heavy atom. The molecule has 1 saturated heterocycles. The van der Waals surface area contributed by atoms with E-state index >= 15 is 0 Å². The molecule has 180 valence electrons. The Kier molecular flexibility index (Phi) is 7.32. The summed E-state index contributed by atoms with van der Waals surface area (Å²) in [4.78, 5) is 41.3. The van der Waals surface area contributed by atoms with Crippen molar-refractivity contribution in [3.8, 4) is 0 Å². The number of aliphatic hydroxyl groups is 1. The van der Waals surface area contributed by atoms with Crippen molar-refractivity contribution < 1.29 is 19.5 Å². The molecule has 2 fully saturated rings. The van der Waals surface area contributed by atoms with E-state index in [1.807, 2.05) is 44.2 Å². The molecule has 2 aromatic carbocycles. The second-order valence-electron chi connectivity index (χ2n) is 9.40. The molecule has 0 unspecified atom stereocenters. The van der Waals surface area contributed by atoms with Gasteiger partial charge in [0.2, 0.25) is 11.8 Å². The summed E-state index contributed by atoms with van der Waals surface area (Å²) in [5.41, 5.74) is 2.42. The molecule has 1 saturated carbocycles. The number of hydrogen-bond acceptors (Lipinski definition) is 4. The third-order valence-corrected chi connectivity index (χ3v) is 6.86. The van der Waals surface area contributed by atoms with Gasteiger partial charge in [-0.1, -0.05) is 61.4 Å². The van der Waals surface area contributed by atoms with Crippen LogP contribution in [-0.4, -0.2) is 52.5 Å². The summed E-state index contributed by atoms with van der Waals surface area (Å²) in [6.07, 6.45) is 2.73. The fraction of sp³-hybridized carbons (Fsp3) is 0.444. The Bertz CT molecular complexity index is 1020. The fourth-order valence-corrected chi connectivity index (χ4v) is 4.87. The largest absolute Gasteiger partial charge is 0.394 e. The van der Waals surface area contributed by atoms with Crippen LogP contribution in [-0.2, 0) is 9.59 Å². The predicted molar refractivity (Wildman–Crippen MR) is 129 cm³/mol. The highest BCUT2D eigenvalue weighted by Gasteiger charge is 2.57. The van der Waals surface area contributed by atoms with Crippen molar-refractivity contribution in [2.24, 2.45) is 5.92 Å². The summed E-state index contributed by atoms with van der Waals surface area (Å²) in [6, 6.07) is 14.7. The Morgan fingerprint density at radius 2 is 1.74 bits per heavy atom. The van der Waals surface area contributed by atoms with E-state index < -0.39 is 18.1 Å². The Morgan fingerprint density at radius 1 is 1.03 bits per heavy atom. The second-order valence-corrected chi connectivity index (χ2v) is 9.40. The molecule has 1 aliphatic carbocycles. The standard InChI is InChI=1S/C27H33N3O4/c1-3-7-21(28-25(32)19-8-5-4-6-9-19)27(34)30-23-14-20(23)15-24(30)26(33)29-22(16-31)18-12-10-17(2)11-13-18/h4-6,8-13,20-24,31H,3,7,14-16H2,1-2H3,(H,28,32)(H,29,33)/t20-,21+,22-,23+,24+/m1/s1. The molecule has 34 heavy (non-hydrogen) atoms. The first-order chi connectivity index (χ1) is 16.4. The number of nitrogens with one attached hydrogen (secondary N) is 2. The van der Waals surface area contributed by atoms with Crippen LogP contribution in [0, 0.1) is 12.8 Å². The molecule has 1 heterocycles. The topological polar surface area (TPSA) is 98.7 Å². The molecule has 3 amide bonds. The van der Waals surface area contributed by atoms with E-state index in [9.17, 15) is 19.5 Å². The molecule has 1 aliphatic heterocycles. The molecule has 7 heteroatoms. The van der Waals surface area contributed by atoms with Gasteiger partial charge in [0.25, 0.3) is 5.91 Å². The van der Waals surface area contributed by atoms with Gasteiger partial charge in [-0.2, -0.15) is 0 Å². The maximum absolute atomic E-state index is 13.6. The first kappa shape index (κ1) is 24.0. The molecule has 2 aromatic rings. The summed E-state index contributed by atoms with van der Waals surface area (Å²) in [5, 5.41) is 15.7. The number of amides is 3. The lowest BCUT2D eigenvalue weighted by Crippen LogP contribution is -2.55. The van der Waals surface area contributed by atoms with Gasteiger partial charge in [0, 0.05) is 11.6 Å². The SMILES string of the molecule is CCC[C@H](NC(=O)c1ccccc1)C(=O)N1[C@H](C(=O)N[C@H](CO)c2ccc(C)cc2)C[C@H]2C[C@@H]21.